The molecule has 0 saturated carbocycles. The van der Waals surface area contributed by atoms with E-state index in [1.54, 1.807) is 30.3 Å². The smallest absolute Gasteiger partial charge is 0.255 e. The molecule has 0 unspecified atom stereocenters. The van der Waals surface area contributed by atoms with E-state index in [2.05, 4.69) is 10.3 Å². The molecular weight excluding hydrogens is 307 g/mol. The number of pyridine rings is 1. The molecule has 120 valence electrons. The van der Waals surface area contributed by atoms with Gasteiger partial charge in [-0.15, -0.1) is 0 Å². The summed E-state index contributed by atoms with van der Waals surface area (Å²) in [6.45, 7) is 0.0747. The van der Waals surface area contributed by atoms with Crippen molar-refractivity contribution in [1.29, 1.82) is 0 Å². The molecule has 0 saturated heterocycles. The molecule has 5 heteroatoms. The Hall–Kier alpha value is -3.21. The molecule has 0 radical (unpaired) electrons. The van der Waals surface area contributed by atoms with Gasteiger partial charge in [0.05, 0.1) is 5.56 Å². The summed E-state index contributed by atoms with van der Waals surface area (Å²) in [5, 5.41) is 2.65. The normalized spacial score (nSPS) is 10.4. The molecule has 0 spiro atoms. The zero-order valence-corrected chi connectivity index (χ0v) is 12.8. The molecule has 3 rings (SSSR count). The van der Waals surface area contributed by atoms with Crippen LogP contribution in [0, 0.1) is 5.82 Å². The number of hydrogen-bond donors (Lipinski definition) is 2. The van der Waals surface area contributed by atoms with Crippen LogP contribution in [-0.4, -0.2) is 10.9 Å². The fourth-order valence-corrected chi connectivity index (χ4v) is 2.37. The number of aromatic nitrogens is 1. The van der Waals surface area contributed by atoms with Gasteiger partial charge in [0, 0.05) is 23.9 Å². The number of nitrogens with one attached hydrogen (secondary N) is 2. The first-order valence-corrected chi connectivity index (χ1v) is 7.45. The molecule has 1 heterocycles. The maximum Gasteiger partial charge on any atom is 0.255 e. The lowest BCUT2D eigenvalue weighted by atomic mass is 10.1. The van der Waals surface area contributed by atoms with Gasteiger partial charge in [-0.25, -0.2) is 4.39 Å². The highest BCUT2D eigenvalue weighted by Crippen LogP contribution is 2.15. The summed E-state index contributed by atoms with van der Waals surface area (Å²) in [4.78, 5) is 26.8. The Balaban J connectivity index is 1.81. The van der Waals surface area contributed by atoms with Gasteiger partial charge in [0.15, 0.2) is 0 Å². The molecule has 0 aliphatic carbocycles. The minimum absolute atomic E-state index is 0.0747. The van der Waals surface area contributed by atoms with Crippen molar-refractivity contribution in [3.05, 3.63) is 94.2 Å². The summed E-state index contributed by atoms with van der Waals surface area (Å²) < 4.78 is 13.6. The number of amides is 1. The highest BCUT2D eigenvalue weighted by molar-refractivity contribution is 5.95. The Morgan fingerprint density at radius 1 is 1.04 bits per heavy atom. The monoisotopic (exact) mass is 322 g/mol. The topological polar surface area (TPSA) is 62.0 Å². The Morgan fingerprint density at radius 3 is 2.50 bits per heavy atom. The van der Waals surface area contributed by atoms with Gasteiger partial charge in [-0.05, 0) is 17.7 Å². The van der Waals surface area contributed by atoms with Crippen LogP contribution in [0.5, 0.6) is 0 Å². The summed E-state index contributed by atoms with van der Waals surface area (Å²) in [6, 6.07) is 16.9. The second-order valence-corrected chi connectivity index (χ2v) is 5.27. The van der Waals surface area contributed by atoms with Crippen LogP contribution in [0.25, 0.3) is 11.1 Å². The number of carbonyl (C=O) groups is 1. The molecule has 2 N–H and O–H groups in total. The largest absolute Gasteiger partial charge is 0.348 e. The van der Waals surface area contributed by atoms with E-state index >= 15 is 0 Å². The van der Waals surface area contributed by atoms with Crippen LogP contribution in [0.2, 0.25) is 0 Å². The van der Waals surface area contributed by atoms with E-state index in [-0.39, 0.29) is 23.8 Å². The first-order chi connectivity index (χ1) is 11.6. The number of rotatable bonds is 4. The fraction of sp³-hybridized carbons (Fsp3) is 0.0526. The third-order valence-corrected chi connectivity index (χ3v) is 3.65. The summed E-state index contributed by atoms with van der Waals surface area (Å²) in [5.41, 5.74) is 1.58. The number of hydrogen-bond acceptors (Lipinski definition) is 2. The van der Waals surface area contributed by atoms with Crippen LogP contribution in [-0.2, 0) is 6.54 Å². The van der Waals surface area contributed by atoms with Crippen molar-refractivity contribution in [3.63, 3.8) is 0 Å². The molecular formula is C19H15FN2O2. The number of H-pyrrole nitrogens is 1. The number of aromatic amines is 1. The summed E-state index contributed by atoms with van der Waals surface area (Å²) in [5.74, 6) is -0.754. The van der Waals surface area contributed by atoms with Crippen molar-refractivity contribution in [3.8, 4) is 11.1 Å². The van der Waals surface area contributed by atoms with Gasteiger partial charge < -0.3 is 10.3 Å². The van der Waals surface area contributed by atoms with Crippen LogP contribution >= 0.6 is 0 Å². The van der Waals surface area contributed by atoms with Gasteiger partial charge in [0.2, 0.25) is 0 Å². The van der Waals surface area contributed by atoms with Crippen LogP contribution in [0.15, 0.2) is 71.7 Å². The Labute approximate surface area is 138 Å². The summed E-state index contributed by atoms with van der Waals surface area (Å²) in [6.07, 6.45) is 1.35. The van der Waals surface area contributed by atoms with Crippen LogP contribution in [0.3, 0.4) is 0 Å². The first kappa shape index (κ1) is 15.7. The Morgan fingerprint density at radius 2 is 1.75 bits per heavy atom. The van der Waals surface area contributed by atoms with E-state index in [1.807, 2.05) is 18.2 Å². The number of carbonyl (C=O) groups excluding carboxylic acids is 1. The SMILES string of the molecule is O=C(NCc1ccccc1F)c1c[nH]c(=O)c(-c2ccccc2)c1. The highest BCUT2D eigenvalue weighted by Gasteiger charge is 2.11. The van der Waals surface area contributed by atoms with Crippen molar-refractivity contribution >= 4 is 5.91 Å². The average Bonchev–Trinajstić information content (AvgIpc) is 2.62. The van der Waals surface area contributed by atoms with Crippen molar-refractivity contribution in [1.82, 2.24) is 10.3 Å². The minimum Gasteiger partial charge on any atom is -0.348 e. The predicted octanol–water partition coefficient (Wildman–Crippen LogP) is 3.11. The van der Waals surface area contributed by atoms with Crippen molar-refractivity contribution < 1.29 is 9.18 Å². The van der Waals surface area contributed by atoms with Gasteiger partial charge in [-0.2, -0.15) is 0 Å². The van der Waals surface area contributed by atoms with E-state index in [0.29, 0.717) is 16.7 Å². The van der Waals surface area contributed by atoms with E-state index in [4.69, 9.17) is 0 Å². The standard InChI is InChI=1S/C19H15FN2O2/c20-17-9-5-4-8-14(17)11-21-18(23)15-10-16(19(24)22-12-15)13-6-2-1-3-7-13/h1-10,12H,11H2,(H,21,23)(H,22,24). The van der Waals surface area contributed by atoms with Crippen molar-refractivity contribution in [2.75, 3.05) is 0 Å². The lowest BCUT2D eigenvalue weighted by Crippen LogP contribution is -2.24. The van der Waals surface area contributed by atoms with Crippen LogP contribution < -0.4 is 10.9 Å². The highest BCUT2D eigenvalue weighted by atomic mass is 19.1. The first-order valence-electron chi connectivity index (χ1n) is 7.45. The van der Waals surface area contributed by atoms with Crippen LogP contribution in [0.4, 0.5) is 4.39 Å². The quantitative estimate of drug-likeness (QED) is 0.775. The fourth-order valence-electron chi connectivity index (χ4n) is 2.37. The van der Waals surface area contributed by atoms with E-state index in [1.165, 1.54) is 18.3 Å². The molecule has 3 aromatic rings. The van der Waals surface area contributed by atoms with Crippen LogP contribution in [0.1, 0.15) is 15.9 Å². The molecule has 0 bridgehead atoms. The molecule has 2 aromatic carbocycles. The minimum atomic E-state index is -0.383. The number of benzene rings is 2. The lowest BCUT2D eigenvalue weighted by molar-refractivity contribution is 0.0950. The second kappa shape index (κ2) is 6.91. The number of halogens is 1. The lowest BCUT2D eigenvalue weighted by Gasteiger charge is -2.07. The van der Waals surface area contributed by atoms with E-state index < -0.39 is 0 Å². The zero-order valence-electron chi connectivity index (χ0n) is 12.8. The molecule has 0 aliphatic rings. The summed E-state index contributed by atoms with van der Waals surface area (Å²) >= 11 is 0. The molecule has 0 aliphatic heterocycles. The maximum atomic E-state index is 13.6. The van der Waals surface area contributed by atoms with Gasteiger partial charge in [0.25, 0.3) is 11.5 Å². The Kier molecular flexibility index (Phi) is 4.52. The third kappa shape index (κ3) is 3.41. The molecule has 4 nitrogen and oxygen atoms in total. The van der Waals surface area contributed by atoms with Gasteiger partial charge >= 0.3 is 0 Å². The van der Waals surface area contributed by atoms with Gasteiger partial charge in [-0.3, -0.25) is 9.59 Å². The molecule has 24 heavy (non-hydrogen) atoms. The Bertz CT molecular complexity index is 920. The molecule has 0 atom stereocenters. The van der Waals surface area contributed by atoms with Gasteiger partial charge in [0.1, 0.15) is 5.82 Å². The summed E-state index contributed by atoms with van der Waals surface area (Å²) in [7, 11) is 0. The average molecular weight is 322 g/mol. The van der Waals surface area contributed by atoms with Gasteiger partial charge in [-0.1, -0.05) is 48.5 Å². The third-order valence-electron chi connectivity index (χ3n) is 3.65. The second-order valence-electron chi connectivity index (χ2n) is 5.27. The van der Waals surface area contributed by atoms with Crippen molar-refractivity contribution in [2.45, 2.75) is 6.54 Å². The molecule has 0 fully saturated rings. The predicted molar refractivity (Wildman–Crippen MR) is 90.1 cm³/mol. The maximum absolute atomic E-state index is 13.6. The zero-order chi connectivity index (χ0) is 16.9. The van der Waals surface area contributed by atoms with E-state index in [9.17, 15) is 14.0 Å². The van der Waals surface area contributed by atoms with Crippen molar-refractivity contribution in [2.24, 2.45) is 0 Å². The van der Waals surface area contributed by atoms with E-state index in [0.717, 1.165) is 5.56 Å². The molecule has 1 amide bonds. The molecule has 1 aromatic heterocycles.